The van der Waals surface area contributed by atoms with E-state index in [4.69, 9.17) is 0 Å². The molecular formula is C14H16N2O. The number of nitrogens with zero attached hydrogens (tertiary/aromatic N) is 1. The molecule has 0 aromatic heterocycles. The smallest absolute Gasteiger partial charge is 0.0632 e. The van der Waals surface area contributed by atoms with Gasteiger partial charge in [0.05, 0.1) is 5.69 Å². The van der Waals surface area contributed by atoms with E-state index in [9.17, 15) is 5.21 Å². The predicted octanol–water partition coefficient (Wildman–Crippen LogP) is 3.56. The highest BCUT2D eigenvalue weighted by Crippen LogP contribution is 2.20. The molecule has 0 amide bonds. The second-order valence-corrected chi connectivity index (χ2v) is 4.06. The van der Waals surface area contributed by atoms with Gasteiger partial charge in [-0.2, -0.15) is 0 Å². The van der Waals surface area contributed by atoms with Gasteiger partial charge < -0.3 is 5.32 Å². The minimum absolute atomic E-state index is 0.763. The van der Waals surface area contributed by atoms with Crippen LogP contribution >= 0.6 is 0 Å². The summed E-state index contributed by atoms with van der Waals surface area (Å²) in [4.78, 5) is 0. The fraction of sp³-hybridized carbons (Fsp3) is 0.143. The Hall–Kier alpha value is -2.00. The van der Waals surface area contributed by atoms with E-state index in [1.807, 2.05) is 36.4 Å². The number of hydrogen-bond acceptors (Lipinski definition) is 3. The Balaban J connectivity index is 2.11. The van der Waals surface area contributed by atoms with Crippen LogP contribution in [0.3, 0.4) is 0 Å². The van der Waals surface area contributed by atoms with Crippen LogP contribution in [-0.2, 0) is 0 Å². The zero-order chi connectivity index (χ0) is 12.3. The molecule has 17 heavy (non-hydrogen) atoms. The molecule has 2 aromatic carbocycles. The van der Waals surface area contributed by atoms with E-state index >= 15 is 0 Å². The number of benzene rings is 2. The van der Waals surface area contributed by atoms with Gasteiger partial charge in [-0.25, -0.2) is 0 Å². The van der Waals surface area contributed by atoms with Crippen LogP contribution in [-0.4, -0.2) is 12.3 Å². The Morgan fingerprint density at radius 1 is 0.882 bits per heavy atom. The largest absolute Gasteiger partial charge is 0.356 e. The van der Waals surface area contributed by atoms with E-state index in [2.05, 4.69) is 24.4 Å². The second kappa shape index (κ2) is 4.89. The highest BCUT2D eigenvalue weighted by molar-refractivity contribution is 5.62. The molecule has 0 bridgehead atoms. The molecule has 0 aliphatic rings. The van der Waals surface area contributed by atoms with Gasteiger partial charge in [-0.05, 0) is 43.3 Å². The maximum atomic E-state index is 9.25. The SMILES string of the molecule is Cc1ccc(Nc2ccc(N(C)O)cc2)cc1. The molecular weight excluding hydrogens is 212 g/mol. The van der Waals surface area contributed by atoms with Crippen LogP contribution in [0.5, 0.6) is 0 Å². The van der Waals surface area contributed by atoms with Gasteiger partial charge in [0.25, 0.3) is 0 Å². The van der Waals surface area contributed by atoms with E-state index in [-0.39, 0.29) is 0 Å². The summed E-state index contributed by atoms with van der Waals surface area (Å²) in [7, 11) is 1.60. The Bertz CT molecular complexity index is 475. The zero-order valence-electron chi connectivity index (χ0n) is 10.0. The van der Waals surface area contributed by atoms with Gasteiger partial charge in [-0.15, -0.1) is 0 Å². The standard InChI is InChI=1S/C14H16N2O/c1-11-3-5-12(6-4-11)15-13-7-9-14(10-8-13)16(2)17/h3-10,15,17H,1-2H3. The average molecular weight is 228 g/mol. The van der Waals surface area contributed by atoms with E-state index in [0.717, 1.165) is 22.1 Å². The Labute approximate surface area is 101 Å². The average Bonchev–Trinajstić information content (AvgIpc) is 2.33. The first kappa shape index (κ1) is 11.5. The van der Waals surface area contributed by atoms with Crippen molar-refractivity contribution in [3.05, 3.63) is 54.1 Å². The van der Waals surface area contributed by atoms with E-state index < -0.39 is 0 Å². The molecule has 0 saturated carbocycles. The third-order valence-corrected chi connectivity index (χ3v) is 2.58. The van der Waals surface area contributed by atoms with Crippen LogP contribution in [0.2, 0.25) is 0 Å². The van der Waals surface area contributed by atoms with Crippen molar-refractivity contribution >= 4 is 17.1 Å². The lowest BCUT2D eigenvalue weighted by molar-refractivity contribution is 0.279. The van der Waals surface area contributed by atoms with Crippen molar-refractivity contribution in [1.29, 1.82) is 0 Å². The lowest BCUT2D eigenvalue weighted by Gasteiger charge is -2.11. The summed E-state index contributed by atoms with van der Waals surface area (Å²) >= 11 is 0. The van der Waals surface area contributed by atoms with Crippen molar-refractivity contribution in [3.8, 4) is 0 Å². The van der Waals surface area contributed by atoms with Gasteiger partial charge >= 0.3 is 0 Å². The molecule has 0 atom stereocenters. The van der Waals surface area contributed by atoms with Crippen molar-refractivity contribution < 1.29 is 5.21 Å². The van der Waals surface area contributed by atoms with Crippen molar-refractivity contribution in [2.75, 3.05) is 17.4 Å². The number of aryl methyl sites for hydroxylation is 1. The third kappa shape index (κ3) is 2.98. The summed E-state index contributed by atoms with van der Waals surface area (Å²) in [5.74, 6) is 0. The predicted molar refractivity (Wildman–Crippen MR) is 71.1 cm³/mol. The summed E-state index contributed by atoms with van der Waals surface area (Å²) in [6.45, 7) is 2.07. The first-order valence-electron chi connectivity index (χ1n) is 5.51. The fourth-order valence-corrected chi connectivity index (χ4v) is 1.56. The third-order valence-electron chi connectivity index (χ3n) is 2.58. The Morgan fingerprint density at radius 2 is 1.35 bits per heavy atom. The minimum atomic E-state index is 0.763. The number of anilines is 3. The van der Waals surface area contributed by atoms with Crippen LogP contribution in [0.4, 0.5) is 17.1 Å². The molecule has 0 spiro atoms. The topological polar surface area (TPSA) is 35.5 Å². The van der Waals surface area contributed by atoms with Gasteiger partial charge in [0.1, 0.15) is 0 Å². The van der Waals surface area contributed by atoms with Crippen LogP contribution < -0.4 is 10.4 Å². The molecule has 88 valence electrons. The summed E-state index contributed by atoms with van der Waals surface area (Å²) in [5.41, 5.74) is 4.06. The van der Waals surface area contributed by atoms with Gasteiger partial charge in [0.2, 0.25) is 0 Å². The number of hydroxylamine groups is 1. The summed E-state index contributed by atoms with van der Waals surface area (Å²) < 4.78 is 0. The number of nitrogens with one attached hydrogen (secondary N) is 1. The molecule has 0 unspecified atom stereocenters. The summed E-state index contributed by atoms with van der Waals surface area (Å²) in [5, 5.41) is 13.6. The minimum Gasteiger partial charge on any atom is -0.356 e. The molecule has 0 saturated heterocycles. The molecule has 0 aliphatic carbocycles. The lowest BCUT2D eigenvalue weighted by atomic mass is 10.2. The quantitative estimate of drug-likeness (QED) is 0.788. The molecule has 0 aliphatic heterocycles. The number of rotatable bonds is 3. The monoisotopic (exact) mass is 228 g/mol. The highest BCUT2D eigenvalue weighted by atomic mass is 16.5. The van der Waals surface area contributed by atoms with E-state index in [0.29, 0.717) is 0 Å². The maximum Gasteiger partial charge on any atom is 0.0632 e. The maximum absolute atomic E-state index is 9.25. The molecule has 3 heteroatoms. The van der Waals surface area contributed by atoms with Crippen LogP contribution in [0.1, 0.15) is 5.56 Å². The first-order valence-corrected chi connectivity index (χ1v) is 5.51. The van der Waals surface area contributed by atoms with Gasteiger partial charge in [-0.3, -0.25) is 10.3 Å². The Morgan fingerprint density at radius 3 is 1.82 bits per heavy atom. The first-order chi connectivity index (χ1) is 8.15. The molecule has 0 fully saturated rings. The molecule has 2 rings (SSSR count). The van der Waals surface area contributed by atoms with Crippen molar-refractivity contribution in [2.45, 2.75) is 6.92 Å². The van der Waals surface area contributed by atoms with Crippen LogP contribution in [0.25, 0.3) is 0 Å². The second-order valence-electron chi connectivity index (χ2n) is 4.06. The van der Waals surface area contributed by atoms with Crippen molar-refractivity contribution in [2.24, 2.45) is 0 Å². The van der Waals surface area contributed by atoms with Gasteiger partial charge in [-0.1, -0.05) is 17.7 Å². The highest BCUT2D eigenvalue weighted by Gasteiger charge is 1.97. The van der Waals surface area contributed by atoms with E-state index in [1.165, 1.54) is 5.56 Å². The van der Waals surface area contributed by atoms with E-state index in [1.54, 1.807) is 7.05 Å². The molecule has 0 radical (unpaired) electrons. The molecule has 3 nitrogen and oxygen atoms in total. The molecule has 2 aromatic rings. The van der Waals surface area contributed by atoms with Crippen molar-refractivity contribution in [1.82, 2.24) is 0 Å². The summed E-state index contributed by atoms with van der Waals surface area (Å²) in [6.07, 6.45) is 0. The number of hydrogen-bond donors (Lipinski definition) is 2. The van der Waals surface area contributed by atoms with Gasteiger partial charge in [0.15, 0.2) is 0 Å². The van der Waals surface area contributed by atoms with Crippen LogP contribution in [0, 0.1) is 6.92 Å². The van der Waals surface area contributed by atoms with Crippen LogP contribution in [0.15, 0.2) is 48.5 Å². The molecule has 0 heterocycles. The molecule has 2 N–H and O–H groups in total. The van der Waals surface area contributed by atoms with Crippen molar-refractivity contribution in [3.63, 3.8) is 0 Å². The lowest BCUT2D eigenvalue weighted by Crippen LogP contribution is -2.09. The summed E-state index contributed by atoms with van der Waals surface area (Å²) in [6, 6.07) is 15.8. The zero-order valence-corrected chi connectivity index (χ0v) is 10.0. The Kier molecular flexibility index (Phi) is 3.30. The fourth-order valence-electron chi connectivity index (χ4n) is 1.56. The van der Waals surface area contributed by atoms with Gasteiger partial charge in [0, 0.05) is 18.4 Å². The normalized spacial score (nSPS) is 10.1.